The standard InChI is InChI=1S/C28H35N3O6/c1-17(2)14-24(26(33)29-15-25(32)30(4)18(3)27(34)35)31(5)28(36)37-16-23-21-12-8-6-10-19(21)20-11-7-9-13-22(20)23/h6-13,17-18,23-24H,14-16H2,1-5H3,(H,29,33)(H,34,35). The van der Waals surface area contributed by atoms with Crippen LogP contribution in [0.5, 0.6) is 0 Å². The zero-order valence-corrected chi connectivity index (χ0v) is 21.9. The quantitative estimate of drug-likeness (QED) is 0.508. The number of carboxylic acids is 1. The van der Waals surface area contributed by atoms with Gasteiger partial charge in [-0.25, -0.2) is 9.59 Å². The average Bonchev–Trinajstić information content (AvgIpc) is 3.20. The Bertz CT molecular complexity index is 1120. The van der Waals surface area contributed by atoms with Crippen molar-refractivity contribution < 1.29 is 29.0 Å². The molecule has 0 heterocycles. The Kier molecular flexibility index (Phi) is 8.91. The Morgan fingerprint density at radius 1 is 0.919 bits per heavy atom. The van der Waals surface area contributed by atoms with E-state index in [0.29, 0.717) is 6.42 Å². The van der Waals surface area contributed by atoms with Crippen molar-refractivity contribution in [2.24, 2.45) is 5.92 Å². The van der Waals surface area contributed by atoms with E-state index in [4.69, 9.17) is 9.84 Å². The average molecular weight is 510 g/mol. The predicted octanol–water partition coefficient (Wildman–Crippen LogP) is 3.33. The molecule has 9 heteroatoms. The third kappa shape index (κ3) is 6.28. The van der Waals surface area contributed by atoms with E-state index in [0.717, 1.165) is 27.2 Å². The van der Waals surface area contributed by atoms with E-state index in [2.05, 4.69) is 17.4 Å². The zero-order chi connectivity index (χ0) is 27.3. The molecular formula is C28H35N3O6. The lowest BCUT2D eigenvalue weighted by molar-refractivity contribution is -0.148. The monoisotopic (exact) mass is 509 g/mol. The number of hydrogen-bond acceptors (Lipinski definition) is 5. The molecule has 0 radical (unpaired) electrons. The van der Waals surface area contributed by atoms with Crippen molar-refractivity contribution in [2.75, 3.05) is 27.2 Å². The number of nitrogens with one attached hydrogen (secondary N) is 1. The molecular weight excluding hydrogens is 474 g/mol. The molecule has 2 aromatic carbocycles. The van der Waals surface area contributed by atoms with E-state index in [9.17, 15) is 19.2 Å². The molecule has 2 unspecified atom stereocenters. The third-order valence-corrected chi connectivity index (χ3v) is 6.83. The maximum Gasteiger partial charge on any atom is 0.410 e. The smallest absolute Gasteiger partial charge is 0.410 e. The Labute approximate surface area is 217 Å². The molecule has 0 aliphatic heterocycles. The van der Waals surface area contributed by atoms with Crippen molar-refractivity contribution in [3.05, 3.63) is 59.7 Å². The minimum absolute atomic E-state index is 0.0880. The normalized spacial score (nSPS) is 13.8. The van der Waals surface area contributed by atoms with Gasteiger partial charge in [0.25, 0.3) is 0 Å². The highest BCUT2D eigenvalue weighted by Crippen LogP contribution is 2.44. The summed E-state index contributed by atoms with van der Waals surface area (Å²) in [5.74, 6) is -2.21. The van der Waals surface area contributed by atoms with Crippen LogP contribution in [0.25, 0.3) is 11.1 Å². The molecule has 0 aromatic heterocycles. The minimum Gasteiger partial charge on any atom is -0.480 e. The first-order valence-corrected chi connectivity index (χ1v) is 12.4. The number of hydrogen-bond donors (Lipinski definition) is 2. The highest BCUT2D eigenvalue weighted by molar-refractivity contribution is 5.90. The lowest BCUT2D eigenvalue weighted by atomic mass is 9.98. The summed E-state index contributed by atoms with van der Waals surface area (Å²) in [5, 5.41) is 11.6. The molecule has 0 saturated carbocycles. The first-order valence-electron chi connectivity index (χ1n) is 12.4. The van der Waals surface area contributed by atoms with E-state index in [1.807, 2.05) is 50.2 Å². The van der Waals surface area contributed by atoms with Gasteiger partial charge in [-0.05, 0) is 41.5 Å². The third-order valence-electron chi connectivity index (χ3n) is 6.83. The molecule has 37 heavy (non-hydrogen) atoms. The van der Waals surface area contributed by atoms with E-state index >= 15 is 0 Å². The molecule has 1 aliphatic carbocycles. The van der Waals surface area contributed by atoms with Gasteiger partial charge in [-0.15, -0.1) is 0 Å². The number of aliphatic carboxylic acids is 1. The molecule has 3 amide bonds. The second kappa shape index (κ2) is 11.9. The van der Waals surface area contributed by atoms with Crippen molar-refractivity contribution >= 4 is 23.9 Å². The van der Waals surface area contributed by atoms with Crippen LogP contribution in [0.3, 0.4) is 0 Å². The predicted molar refractivity (Wildman–Crippen MR) is 139 cm³/mol. The Balaban J connectivity index is 1.66. The van der Waals surface area contributed by atoms with Gasteiger partial charge in [-0.3, -0.25) is 14.5 Å². The summed E-state index contributed by atoms with van der Waals surface area (Å²) in [7, 11) is 2.87. The van der Waals surface area contributed by atoms with Crippen molar-refractivity contribution in [1.82, 2.24) is 15.1 Å². The zero-order valence-electron chi connectivity index (χ0n) is 21.9. The Hall–Kier alpha value is -3.88. The van der Waals surface area contributed by atoms with Gasteiger partial charge in [0.1, 0.15) is 18.7 Å². The fraction of sp³-hybridized carbons (Fsp3) is 0.429. The van der Waals surface area contributed by atoms with Crippen LogP contribution in [0.4, 0.5) is 4.79 Å². The van der Waals surface area contributed by atoms with Crippen LogP contribution >= 0.6 is 0 Å². The Morgan fingerprint density at radius 2 is 1.46 bits per heavy atom. The molecule has 0 bridgehead atoms. The van der Waals surface area contributed by atoms with E-state index in [1.165, 1.54) is 25.9 Å². The highest BCUT2D eigenvalue weighted by Gasteiger charge is 2.33. The van der Waals surface area contributed by atoms with Crippen molar-refractivity contribution in [3.63, 3.8) is 0 Å². The first kappa shape index (κ1) is 27.7. The second-order valence-electron chi connectivity index (χ2n) is 9.80. The highest BCUT2D eigenvalue weighted by atomic mass is 16.6. The van der Waals surface area contributed by atoms with Gasteiger partial charge < -0.3 is 20.1 Å². The van der Waals surface area contributed by atoms with Crippen LogP contribution in [0.15, 0.2) is 48.5 Å². The van der Waals surface area contributed by atoms with E-state index < -0.39 is 36.0 Å². The lowest BCUT2D eigenvalue weighted by Crippen LogP contribution is -2.51. The maximum absolute atomic E-state index is 13.0. The SMILES string of the molecule is CC(C)CC(C(=O)NCC(=O)N(C)C(C)C(=O)O)N(C)C(=O)OCC1c2ccccc2-c2ccccc21. The van der Waals surface area contributed by atoms with Crippen LogP contribution in [-0.4, -0.2) is 78.1 Å². The van der Waals surface area contributed by atoms with Gasteiger partial charge in [-0.2, -0.15) is 0 Å². The number of amides is 3. The number of carboxylic acid groups (broad SMARTS) is 1. The summed E-state index contributed by atoms with van der Waals surface area (Å²) in [6, 6.07) is 14.2. The topological polar surface area (TPSA) is 116 Å². The van der Waals surface area contributed by atoms with Gasteiger partial charge in [0.2, 0.25) is 11.8 Å². The molecule has 9 nitrogen and oxygen atoms in total. The van der Waals surface area contributed by atoms with Gasteiger partial charge in [-0.1, -0.05) is 62.4 Å². The fourth-order valence-corrected chi connectivity index (χ4v) is 4.50. The van der Waals surface area contributed by atoms with Gasteiger partial charge in [0.15, 0.2) is 0 Å². The summed E-state index contributed by atoms with van der Waals surface area (Å²) in [6.45, 7) is 5.00. The number of fused-ring (bicyclic) bond motifs is 3. The molecule has 0 fully saturated rings. The van der Waals surface area contributed by atoms with E-state index in [1.54, 1.807) is 0 Å². The molecule has 1 aliphatic rings. The molecule has 2 N–H and O–H groups in total. The van der Waals surface area contributed by atoms with Gasteiger partial charge in [0.05, 0.1) is 6.54 Å². The molecule has 2 aromatic rings. The van der Waals surface area contributed by atoms with Gasteiger partial charge in [0, 0.05) is 20.0 Å². The maximum atomic E-state index is 13.0. The molecule has 0 spiro atoms. The second-order valence-corrected chi connectivity index (χ2v) is 9.80. The van der Waals surface area contributed by atoms with Crippen molar-refractivity contribution in [2.45, 2.75) is 45.2 Å². The van der Waals surface area contributed by atoms with Crippen LogP contribution in [0, 0.1) is 5.92 Å². The summed E-state index contributed by atoms with van der Waals surface area (Å²) >= 11 is 0. The number of ether oxygens (including phenoxy) is 1. The fourth-order valence-electron chi connectivity index (χ4n) is 4.50. The number of carbonyl (C=O) groups excluding carboxylic acids is 3. The van der Waals surface area contributed by atoms with Crippen LogP contribution < -0.4 is 5.32 Å². The summed E-state index contributed by atoms with van der Waals surface area (Å²) in [6.07, 6.45) is -0.271. The van der Waals surface area contributed by atoms with E-state index in [-0.39, 0.29) is 25.0 Å². The van der Waals surface area contributed by atoms with Crippen LogP contribution in [0.1, 0.15) is 44.2 Å². The Morgan fingerprint density at radius 3 is 1.97 bits per heavy atom. The number of nitrogens with zero attached hydrogens (tertiary/aromatic N) is 2. The number of likely N-dealkylation sites (N-methyl/N-ethyl adjacent to an activating group) is 2. The molecule has 198 valence electrons. The summed E-state index contributed by atoms with van der Waals surface area (Å²) < 4.78 is 5.70. The minimum atomic E-state index is -1.14. The van der Waals surface area contributed by atoms with Crippen molar-refractivity contribution in [3.8, 4) is 11.1 Å². The molecule has 2 atom stereocenters. The van der Waals surface area contributed by atoms with Crippen LogP contribution in [-0.2, 0) is 19.1 Å². The number of rotatable bonds is 10. The number of benzene rings is 2. The largest absolute Gasteiger partial charge is 0.480 e. The summed E-state index contributed by atoms with van der Waals surface area (Å²) in [4.78, 5) is 51.8. The van der Waals surface area contributed by atoms with Gasteiger partial charge >= 0.3 is 12.1 Å². The van der Waals surface area contributed by atoms with Crippen molar-refractivity contribution in [1.29, 1.82) is 0 Å². The molecule has 3 rings (SSSR count). The van der Waals surface area contributed by atoms with Crippen LogP contribution in [0.2, 0.25) is 0 Å². The number of carbonyl (C=O) groups is 4. The molecule has 0 saturated heterocycles. The first-order chi connectivity index (χ1) is 17.5. The summed E-state index contributed by atoms with van der Waals surface area (Å²) in [5.41, 5.74) is 4.43. The lowest BCUT2D eigenvalue weighted by Gasteiger charge is -2.29.